The molecule has 2 aliphatic rings. The molecule has 0 unspecified atom stereocenters. The normalized spacial score (nSPS) is 16.9. The molecule has 0 heterocycles. The van der Waals surface area contributed by atoms with Crippen molar-refractivity contribution in [2.24, 2.45) is 0 Å². The zero-order chi connectivity index (χ0) is 39.3. The van der Waals surface area contributed by atoms with Gasteiger partial charge in [-0.25, -0.2) is 30.4 Å². The van der Waals surface area contributed by atoms with Crippen LogP contribution in [-0.2, 0) is 42.0 Å². The molecular weight excluding hydrogens is 735 g/mol. The molecule has 0 fully saturated rings. The summed E-state index contributed by atoms with van der Waals surface area (Å²) in [4.78, 5) is 23.3. The summed E-state index contributed by atoms with van der Waals surface area (Å²) >= 11 is 0. The Morgan fingerprint density at radius 2 is 1.07 bits per heavy atom. The summed E-state index contributed by atoms with van der Waals surface area (Å²) < 4.78 is 86.2. The molecule has 288 valence electrons. The molecule has 0 radical (unpaired) electrons. The molecule has 4 aromatic carbocycles. The summed E-state index contributed by atoms with van der Waals surface area (Å²) in [7, 11) is -7.54. The Morgan fingerprint density at radius 1 is 0.667 bits per heavy atom. The quantitative estimate of drug-likeness (QED) is 0.186. The molecule has 4 aromatic rings. The zero-order valence-electron chi connectivity index (χ0n) is 30.8. The van der Waals surface area contributed by atoms with Crippen molar-refractivity contribution in [3.8, 4) is 0 Å². The van der Waals surface area contributed by atoms with Gasteiger partial charge in [-0.1, -0.05) is 36.4 Å². The van der Waals surface area contributed by atoms with Crippen LogP contribution in [0.15, 0.2) is 105 Å². The van der Waals surface area contributed by atoms with Gasteiger partial charge in [0.2, 0.25) is 25.6 Å². The van der Waals surface area contributed by atoms with E-state index in [1.807, 2.05) is 0 Å². The minimum atomic E-state index is -3.79. The maximum atomic E-state index is 15.0. The Morgan fingerprint density at radius 3 is 1.46 bits per heavy atom. The SMILES string of the molecule is CC(=O)NC[C@@H]1CCCc2cc(S(=O)(=O)c3ccccc3)cc(F)c21.CC(C)(C)OC(=O)NC[C@@H]1CCCc2cc(S(=O)(=O)c3ccccc3)cc(F)c21. The smallest absolute Gasteiger partial charge is 0.407 e. The van der Waals surface area contributed by atoms with Crippen LogP contribution in [0.1, 0.15) is 87.5 Å². The van der Waals surface area contributed by atoms with Crippen molar-refractivity contribution in [1.82, 2.24) is 10.6 Å². The van der Waals surface area contributed by atoms with Crippen LogP contribution in [0.5, 0.6) is 0 Å². The fraction of sp³-hybridized carbons (Fsp3) is 0.366. The number of hydrogen-bond acceptors (Lipinski definition) is 7. The second-order valence-electron chi connectivity index (χ2n) is 14.6. The van der Waals surface area contributed by atoms with Crippen LogP contribution in [0.25, 0.3) is 0 Å². The first-order valence-electron chi connectivity index (χ1n) is 17.9. The number of nitrogens with one attached hydrogen (secondary N) is 2. The zero-order valence-corrected chi connectivity index (χ0v) is 32.5. The highest BCUT2D eigenvalue weighted by atomic mass is 32.2. The van der Waals surface area contributed by atoms with Gasteiger partial charge in [0.05, 0.1) is 19.6 Å². The molecule has 0 spiro atoms. The largest absolute Gasteiger partial charge is 0.444 e. The third kappa shape index (κ3) is 9.72. The monoisotopic (exact) mass is 780 g/mol. The molecule has 2 N–H and O–H groups in total. The van der Waals surface area contributed by atoms with Gasteiger partial charge in [0, 0.05) is 31.8 Å². The fourth-order valence-electron chi connectivity index (χ4n) is 6.97. The molecule has 54 heavy (non-hydrogen) atoms. The number of carbonyl (C=O) groups excluding carboxylic acids is 2. The average molecular weight is 781 g/mol. The Bertz CT molecular complexity index is 2210. The van der Waals surface area contributed by atoms with Gasteiger partial charge >= 0.3 is 6.09 Å². The van der Waals surface area contributed by atoms with Crippen LogP contribution >= 0.6 is 0 Å². The second kappa shape index (κ2) is 16.8. The number of aryl methyl sites for hydroxylation is 2. The Labute approximate surface area is 316 Å². The molecule has 2 amide bonds. The van der Waals surface area contributed by atoms with Crippen LogP contribution in [0.4, 0.5) is 13.6 Å². The van der Waals surface area contributed by atoms with Crippen molar-refractivity contribution in [3.05, 3.63) is 119 Å². The number of rotatable bonds is 8. The minimum absolute atomic E-state index is 0.0184. The Balaban J connectivity index is 0.000000210. The molecular formula is C41H46F2N2O7S2. The van der Waals surface area contributed by atoms with Gasteiger partial charge in [0.25, 0.3) is 0 Å². The number of fused-ring (bicyclic) bond motifs is 2. The van der Waals surface area contributed by atoms with E-state index in [4.69, 9.17) is 4.74 Å². The molecule has 2 aliphatic carbocycles. The number of halogens is 2. The molecule has 9 nitrogen and oxygen atoms in total. The number of ether oxygens (including phenoxy) is 1. The first-order valence-corrected chi connectivity index (χ1v) is 20.9. The number of benzene rings is 4. The molecule has 6 rings (SSSR count). The molecule has 2 atom stereocenters. The predicted molar refractivity (Wildman–Crippen MR) is 201 cm³/mol. The summed E-state index contributed by atoms with van der Waals surface area (Å²) in [6.45, 7) is 7.36. The maximum absolute atomic E-state index is 15.0. The fourth-order valence-corrected chi connectivity index (χ4v) is 9.65. The van der Waals surface area contributed by atoms with Crippen LogP contribution in [-0.4, -0.2) is 47.5 Å². The van der Waals surface area contributed by atoms with Crippen molar-refractivity contribution in [1.29, 1.82) is 0 Å². The summed E-state index contributed by atoms with van der Waals surface area (Å²) in [5.74, 6) is -1.56. The van der Waals surface area contributed by atoms with E-state index in [9.17, 15) is 30.8 Å². The van der Waals surface area contributed by atoms with Crippen LogP contribution in [0.2, 0.25) is 0 Å². The van der Waals surface area contributed by atoms with Gasteiger partial charge in [-0.05, 0) is 130 Å². The van der Waals surface area contributed by atoms with Gasteiger partial charge in [0.15, 0.2) is 0 Å². The third-order valence-electron chi connectivity index (χ3n) is 9.41. The number of hydrogen-bond donors (Lipinski definition) is 2. The topological polar surface area (TPSA) is 136 Å². The summed E-state index contributed by atoms with van der Waals surface area (Å²) in [5.41, 5.74) is 1.81. The standard InChI is InChI=1S/C22H26FNO4S.C19H20FNO3S/c1-22(2,3)28-21(25)24-14-16-9-7-8-15-12-18(13-19(23)20(15)16)29(26,27)17-10-5-4-6-11-17;1-13(22)21-12-15-7-5-6-14-10-17(11-18(20)19(14)15)25(23,24)16-8-3-2-4-9-16/h4-6,10-13,16H,7-9,14H2,1-3H3,(H,24,25);2-4,8-11,15H,5-7,12H2,1H3,(H,21,22)/t16-;15-/m00/s1. The van der Waals surface area contributed by atoms with E-state index in [0.717, 1.165) is 37.0 Å². The van der Waals surface area contributed by atoms with Gasteiger partial charge in [-0.2, -0.15) is 0 Å². The maximum Gasteiger partial charge on any atom is 0.407 e. The third-order valence-corrected chi connectivity index (χ3v) is 12.9. The average Bonchev–Trinajstić information content (AvgIpc) is 3.13. The van der Waals surface area contributed by atoms with Crippen LogP contribution in [0.3, 0.4) is 0 Å². The predicted octanol–water partition coefficient (Wildman–Crippen LogP) is 7.82. The van der Waals surface area contributed by atoms with E-state index in [1.165, 1.54) is 31.2 Å². The summed E-state index contributed by atoms with van der Waals surface area (Å²) in [6.07, 6.45) is 3.81. The molecule has 0 aliphatic heterocycles. The number of carbonyl (C=O) groups is 2. The number of alkyl carbamates (subject to hydrolysis) is 1. The van der Waals surface area contributed by atoms with Gasteiger partial charge in [0.1, 0.15) is 17.2 Å². The number of sulfone groups is 2. The van der Waals surface area contributed by atoms with Crippen molar-refractivity contribution in [2.45, 2.75) is 103 Å². The van der Waals surface area contributed by atoms with E-state index in [2.05, 4.69) is 10.6 Å². The van der Waals surface area contributed by atoms with Gasteiger partial charge in [-0.3, -0.25) is 4.79 Å². The highest BCUT2D eigenvalue weighted by Crippen LogP contribution is 2.37. The molecule has 0 saturated heterocycles. The van der Waals surface area contributed by atoms with E-state index in [-0.39, 0.29) is 43.9 Å². The minimum Gasteiger partial charge on any atom is -0.444 e. The molecule has 0 aromatic heterocycles. The summed E-state index contributed by atoms with van der Waals surface area (Å²) in [6, 6.07) is 21.4. The first kappa shape index (κ1) is 40.6. The highest BCUT2D eigenvalue weighted by Gasteiger charge is 2.30. The van der Waals surface area contributed by atoms with Crippen molar-refractivity contribution in [3.63, 3.8) is 0 Å². The first-order chi connectivity index (χ1) is 25.5. The van der Waals surface area contributed by atoms with Crippen LogP contribution in [0, 0.1) is 11.6 Å². The van der Waals surface area contributed by atoms with Crippen LogP contribution < -0.4 is 10.6 Å². The van der Waals surface area contributed by atoms with E-state index < -0.39 is 43.0 Å². The van der Waals surface area contributed by atoms with E-state index in [1.54, 1.807) is 69.3 Å². The van der Waals surface area contributed by atoms with Crippen molar-refractivity contribution >= 4 is 31.7 Å². The molecule has 13 heteroatoms. The number of amides is 2. The molecule has 0 bridgehead atoms. The Kier molecular flexibility index (Phi) is 12.6. The summed E-state index contributed by atoms with van der Waals surface area (Å²) in [5, 5.41) is 5.43. The lowest BCUT2D eigenvalue weighted by molar-refractivity contribution is -0.119. The lowest BCUT2D eigenvalue weighted by Gasteiger charge is -2.27. The van der Waals surface area contributed by atoms with Gasteiger partial charge in [-0.15, -0.1) is 0 Å². The lowest BCUT2D eigenvalue weighted by Crippen LogP contribution is -2.35. The van der Waals surface area contributed by atoms with Crippen molar-refractivity contribution in [2.75, 3.05) is 13.1 Å². The second-order valence-corrected chi connectivity index (χ2v) is 18.5. The van der Waals surface area contributed by atoms with E-state index in [0.29, 0.717) is 42.5 Å². The van der Waals surface area contributed by atoms with Crippen molar-refractivity contribution < 1.29 is 39.9 Å². The van der Waals surface area contributed by atoms with E-state index >= 15 is 4.39 Å². The Hall–Kier alpha value is -4.62. The highest BCUT2D eigenvalue weighted by molar-refractivity contribution is 7.91. The van der Waals surface area contributed by atoms with Gasteiger partial charge < -0.3 is 15.4 Å². The lowest BCUT2D eigenvalue weighted by atomic mass is 9.82. The molecule has 0 saturated carbocycles.